The number of carbonyl (C=O) groups excluding carboxylic acids is 1. The number of benzene rings is 1. The molecule has 0 unspecified atom stereocenters. The average molecular weight is 346 g/mol. The molecule has 1 aliphatic heterocycles. The van der Waals surface area contributed by atoms with E-state index < -0.39 is 0 Å². The van der Waals surface area contributed by atoms with Crippen molar-refractivity contribution in [1.29, 1.82) is 0 Å². The number of methoxy groups -OCH3 is 2. The largest absolute Gasteiger partial charge is 0.497 e. The second-order valence-electron chi connectivity index (χ2n) is 7.14. The normalized spacial score (nSPS) is 21.9. The highest BCUT2D eigenvalue weighted by Crippen LogP contribution is 2.38. The molecule has 1 aromatic rings. The minimum absolute atomic E-state index is 0.159. The fourth-order valence-electron chi connectivity index (χ4n) is 4.17. The predicted molar refractivity (Wildman–Crippen MR) is 98.1 cm³/mol. The minimum Gasteiger partial charge on any atom is -0.497 e. The molecule has 1 atom stereocenters. The first-order valence-electron chi connectivity index (χ1n) is 9.46. The van der Waals surface area contributed by atoms with Crippen molar-refractivity contribution in [2.75, 3.05) is 27.3 Å². The van der Waals surface area contributed by atoms with Crippen molar-refractivity contribution in [2.24, 2.45) is 0 Å². The lowest BCUT2D eigenvalue weighted by Gasteiger charge is -2.28. The molecule has 138 valence electrons. The summed E-state index contributed by atoms with van der Waals surface area (Å²) in [5, 5.41) is 3.23. The maximum Gasteiger partial charge on any atom is 0.234 e. The van der Waals surface area contributed by atoms with Gasteiger partial charge in [0.1, 0.15) is 11.5 Å². The number of rotatable bonds is 6. The van der Waals surface area contributed by atoms with E-state index in [0.717, 1.165) is 49.3 Å². The molecule has 2 aliphatic rings. The number of hydrogen-bond donors (Lipinski definition) is 1. The first kappa shape index (κ1) is 18.1. The maximum atomic E-state index is 12.5. The molecule has 1 aliphatic carbocycles. The lowest BCUT2D eigenvalue weighted by atomic mass is 9.95. The highest BCUT2D eigenvalue weighted by Gasteiger charge is 2.30. The lowest BCUT2D eigenvalue weighted by Crippen LogP contribution is -2.42. The molecular weight excluding hydrogens is 316 g/mol. The summed E-state index contributed by atoms with van der Waals surface area (Å²) >= 11 is 0. The van der Waals surface area contributed by atoms with Gasteiger partial charge in [-0.1, -0.05) is 25.3 Å². The van der Waals surface area contributed by atoms with Crippen molar-refractivity contribution in [3.05, 3.63) is 23.8 Å². The van der Waals surface area contributed by atoms with E-state index in [4.69, 9.17) is 9.47 Å². The monoisotopic (exact) mass is 346 g/mol. The summed E-state index contributed by atoms with van der Waals surface area (Å²) in [5.41, 5.74) is 1.14. The van der Waals surface area contributed by atoms with Crippen LogP contribution in [0, 0.1) is 0 Å². The smallest absolute Gasteiger partial charge is 0.234 e. The number of hydrogen-bond acceptors (Lipinski definition) is 4. The van der Waals surface area contributed by atoms with E-state index >= 15 is 0 Å². The molecule has 2 fully saturated rings. The van der Waals surface area contributed by atoms with Crippen LogP contribution < -0.4 is 14.8 Å². The first-order chi connectivity index (χ1) is 12.2. The highest BCUT2D eigenvalue weighted by molar-refractivity contribution is 5.78. The van der Waals surface area contributed by atoms with Crippen molar-refractivity contribution < 1.29 is 14.3 Å². The molecule has 1 amide bonds. The topological polar surface area (TPSA) is 50.8 Å². The van der Waals surface area contributed by atoms with Crippen LogP contribution in [0.25, 0.3) is 0 Å². The van der Waals surface area contributed by atoms with Gasteiger partial charge < -0.3 is 14.8 Å². The Hall–Kier alpha value is -1.75. The summed E-state index contributed by atoms with van der Waals surface area (Å²) in [7, 11) is 3.35. The van der Waals surface area contributed by atoms with Crippen LogP contribution in [0.3, 0.4) is 0 Å². The molecule has 5 nitrogen and oxygen atoms in total. The number of amides is 1. The van der Waals surface area contributed by atoms with Crippen LogP contribution in [-0.4, -0.2) is 44.2 Å². The quantitative estimate of drug-likeness (QED) is 0.859. The van der Waals surface area contributed by atoms with E-state index in [9.17, 15) is 4.79 Å². The molecule has 25 heavy (non-hydrogen) atoms. The first-order valence-corrected chi connectivity index (χ1v) is 9.46. The van der Waals surface area contributed by atoms with E-state index in [1.165, 1.54) is 19.3 Å². The van der Waals surface area contributed by atoms with Gasteiger partial charge in [-0.2, -0.15) is 0 Å². The highest BCUT2D eigenvalue weighted by atomic mass is 16.5. The Morgan fingerprint density at radius 1 is 1.12 bits per heavy atom. The molecule has 1 saturated carbocycles. The molecule has 3 rings (SSSR count). The van der Waals surface area contributed by atoms with Crippen LogP contribution in [0.1, 0.15) is 56.6 Å². The van der Waals surface area contributed by atoms with Gasteiger partial charge in [0.05, 0.1) is 20.8 Å². The summed E-state index contributed by atoms with van der Waals surface area (Å²) < 4.78 is 10.9. The third-order valence-corrected chi connectivity index (χ3v) is 5.48. The summed E-state index contributed by atoms with van der Waals surface area (Å²) in [4.78, 5) is 14.8. The van der Waals surface area contributed by atoms with Crippen LogP contribution in [0.4, 0.5) is 0 Å². The maximum absolute atomic E-state index is 12.5. The van der Waals surface area contributed by atoms with Crippen molar-refractivity contribution in [2.45, 2.75) is 57.0 Å². The van der Waals surface area contributed by atoms with Gasteiger partial charge >= 0.3 is 0 Å². The zero-order valence-corrected chi connectivity index (χ0v) is 15.4. The molecule has 0 aromatic heterocycles. The summed E-state index contributed by atoms with van der Waals surface area (Å²) in [6, 6.07) is 6.57. The van der Waals surface area contributed by atoms with Crippen LogP contribution in [0.2, 0.25) is 0 Å². The van der Waals surface area contributed by atoms with E-state index in [2.05, 4.69) is 16.3 Å². The number of likely N-dealkylation sites (tertiary alicyclic amines) is 1. The molecule has 1 aromatic carbocycles. The van der Waals surface area contributed by atoms with E-state index in [1.54, 1.807) is 14.2 Å². The third kappa shape index (κ3) is 4.46. The second kappa shape index (κ2) is 8.56. The van der Waals surface area contributed by atoms with Gasteiger partial charge in [0.15, 0.2) is 0 Å². The summed E-state index contributed by atoms with van der Waals surface area (Å²) in [5.74, 6) is 1.79. The van der Waals surface area contributed by atoms with Crippen molar-refractivity contribution in [3.8, 4) is 11.5 Å². The lowest BCUT2D eigenvalue weighted by molar-refractivity contribution is -0.123. The summed E-state index contributed by atoms with van der Waals surface area (Å²) in [6.07, 6.45) is 8.19. The summed E-state index contributed by atoms with van der Waals surface area (Å²) in [6.45, 7) is 1.42. The molecular formula is C20H30N2O3. The van der Waals surface area contributed by atoms with Gasteiger partial charge in [-0.05, 0) is 38.3 Å². The van der Waals surface area contributed by atoms with Crippen LogP contribution >= 0.6 is 0 Å². The Morgan fingerprint density at radius 2 is 1.92 bits per heavy atom. The molecule has 0 spiro atoms. The number of nitrogens with one attached hydrogen (secondary N) is 1. The van der Waals surface area contributed by atoms with Crippen LogP contribution in [-0.2, 0) is 4.79 Å². The molecule has 1 heterocycles. The minimum atomic E-state index is 0.159. The Kier molecular flexibility index (Phi) is 6.19. The van der Waals surface area contributed by atoms with E-state index in [1.807, 2.05) is 12.1 Å². The van der Waals surface area contributed by atoms with E-state index in [0.29, 0.717) is 12.6 Å². The molecule has 1 saturated heterocycles. The number of ether oxygens (including phenoxy) is 2. The van der Waals surface area contributed by atoms with Gasteiger partial charge in [0.25, 0.3) is 0 Å². The fraction of sp³-hybridized carbons (Fsp3) is 0.650. The Labute approximate surface area is 150 Å². The van der Waals surface area contributed by atoms with E-state index in [-0.39, 0.29) is 11.9 Å². The van der Waals surface area contributed by atoms with Crippen molar-refractivity contribution in [1.82, 2.24) is 10.2 Å². The fourth-order valence-corrected chi connectivity index (χ4v) is 4.17. The average Bonchev–Trinajstić information content (AvgIpc) is 3.09. The van der Waals surface area contributed by atoms with Gasteiger partial charge in [-0.3, -0.25) is 9.69 Å². The Balaban J connectivity index is 1.65. The van der Waals surface area contributed by atoms with Crippen LogP contribution in [0.15, 0.2) is 18.2 Å². The predicted octanol–water partition coefficient (Wildman–Crippen LogP) is 3.29. The number of nitrogens with zero attached hydrogens (tertiary/aromatic N) is 1. The molecule has 5 heteroatoms. The molecule has 0 radical (unpaired) electrons. The van der Waals surface area contributed by atoms with Gasteiger partial charge in [-0.25, -0.2) is 0 Å². The Bertz CT molecular complexity index is 584. The van der Waals surface area contributed by atoms with Crippen molar-refractivity contribution >= 4 is 5.91 Å². The molecule has 0 bridgehead atoms. The third-order valence-electron chi connectivity index (χ3n) is 5.48. The van der Waals surface area contributed by atoms with Gasteiger partial charge in [0, 0.05) is 23.7 Å². The zero-order chi connectivity index (χ0) is 17.6. The van der Waals surface area contributed by atoms with Gasteiger partial charge in [-0.15, -0.1) is 0 Å². The zero-order valence-electron chi connectivity index (χ0n) is 15.4. The SMILES string of the molecule is COc1ccc([C@H]2CCCN2CC(=O)NC2CCCCC2)c(OC)c1. The molecule has 1 N–H and O–H groups in total. The number of carbonyl (C=O) groups is 1. The standard InChI is InChI=1S/C20H30N2O3/c1-24-16-10-11-17(19(13-16)25-2)18-9-6-12-22(18)14-20(23)21-15-7-4-3-5-8-15/h10-11,13,15,18H,3-9,12,14H2,1-2H3,(H,21,23)/t18-/m1/s1. The second-order valence-corrected chi connectivity index (χ2v) is 7.14. The van der Waals surface area contributed by atoms with Crippen molar-refractivity contribution in [3.63, 3.8) is 0 Å². The van der Waals surface area contributed by atoms with Crippen LogP contribution in [0.5, 0.6) is 11.5 Å². The van der Waals surface area contributed by atoms with Gasteiger partial charge in [0.2, 0.25) is 5.91 Å². The Morgan fingerprint density at radius 3 is 2.64 bits per heavy atom.